The van der Waals surface area contributed by atoms with E-state index in [0.29, 0.717) is 0 Å². The Morgan fingerprint density at radius 1 is 0.500 bits per heavy atom. The van der Waals surface area contributed by atoms with E-state index < -0.39 is 0 Å². The van der Waals surface area contributed by atoms with Gasteiger partial charge < -0.3 is 0 Å². The van der Waals surface area contributed by atoms with Crippen molar-refractivity contribution in [2.45, 2.75) is 0 Å². The summed E-state index contributed by atoms with van der Waals surface area (Å²) in [5, 5.41) is 11.0. The molecule has 3 heteroatoms. The molecule has 0 atom stereocenters. The van der Waals surface area contributed by atoms with Crippen LogP contribution in [0, 0.1) is 0 Å². The van der Waals surface area contributed by atoms with Gasteiger partial charge in [-0.25, -0.2) is 0 Å². The molecule has 0 saturated heterocycles. The van der Waals surface area contributed by atoms with Crippen LogP contribution in [-0.2, 0) is 0 Å². The van der Waals surface area contributed by atoms with Gasteiger partial charge in [0, 0.05) is 0 Å². The molecule has 0 radical (unpaired) electrons. The second kappa shape index (κ2) is 9.27. The summed E-state index contributed by atoms with van der Waals surface area (Å²) in [6, 6.07) is 0. The molecule has 0 aromatic heterocycles. The molecule has 1 aliphatic heterocycles. The fraction of sp³-hybridized carbons (Fsp3) is 0. The van der Waals surface area contributed by atoms with Gasteiger partial charge in [0.05, 0.1) is 12.4 Å². The molecule has 0 fully saturated rings. The van der Waals surface area contributed by atoms with Crippen LogP contribution in [0.15, 0.2) is 88.5 Å². The smallest absolute Gasteiger partial charge is 0.0513 e. The zero-order valence-electron chi connectivity index (χ0n) is 8.85. The van der Waals surface area contributed by atoms with E-state index in [4.69, 9.17) is 0 Å². The lowest BCUT2D eigenvalue weighted by Crippen LogP contribution is -1.60. The molecule has 16 heavy (non-hydrogen) atoms. The van der Waals surface area contributed by atoms with E-state index in [9.17, 15) is 0 Å². The second-order valence-corrected chi connectivity index (χ2v) is 2.74. The van der Waals surface area contributed by atoms with E-state index in [1.165, 1.54) is 0 Å². The van der Waals surface area contributed by atoms with Crippen molar-refractivity contribution in [1.82, 2.24) is 0 Å². The van der Waals surface area contributed by atoms with E-state index in [2.05, 4.69) is 15.4 Å². The Kier molecular flexibility index (Phi) is 6.83. The summed E-state index contributed by atoms with van der Waals surface area (Å²) >= 11 is 0. The van der Waals surface area contributed by atoms with E-state index in [1.54, 1.807) is 24.6 Å². The average Bonchev–Trinajstić information content (AvgIpc) is 2.29. The minimum Gasteiger partial charge on any atom is -0.139 e. The van der Waals surface area contributed by atoms with Crippen LogP contribution in [0.4, 0.5) is 0 Å². The molecule has 0 aromatic carbocycles. The van der Waals surface area contributed by atoms with E-state index >= 15 is 0 Å². The molecule has 0 bridgehead atoms. The van der Waals surface area contributed by atoms with Crippen molar-refractivity contribution in [2.75, 3.05) is 0 Å². The van der Waals surface area contributed by atoms with E-state index in [1.807, 2.05) is 54.7 Å². The van der Waals surface area contributed by atoms with Crippen molar-refractivity contribution >= 4 is 6.21 Å². The first-order valence-corrected chi connectivity index (χ1v) is 4.92. The third kappa shape index (κ3) is 7.15. The van der Waals surface area contributed by atoms with Gasteiger partial charge in [0.1, 0.15) is 0 Å². The lowest BCUT2D eigenvalue weighted by Gasteiger charge is -1.76. The van der Waals surface area contributed by atoms with Crippen LogP contribution in [-0.4, -0.2) is 6.21 Å². The van der Waals surface area contributed by atoms with Crippen LogP contribution in [0.3, 0.4) is 0 Å². The summed E-state index contributed by atoms with van der Waals surface area (Å²) in [6.45, 7) is 0. The fourth-order valence-electron chi connectivity index (χ4n) is 0.843. The summed E-state index contributed by atoms with van der Waals surface area (Å²) in [4.78, 5) is 0. The van der Waals surface area contributed by atoms with Gasteiger partial charge in [-0.2, -0.15) is 0 Å². The summed E-state index contributed by atoms with van der Waals surface area (Å²) in [5.41, 5.74) is 0. The topological polar surface area (TPSA) is 37.1 Å². The summed E-state index contributed by atoms with van der Waals surface area (Å²) in [6.07, 6.45) is 24.0. The third-order valence-electron chi connectivity index (χ3n) is 1.52. The van der Waals surface area contributed by atoms with Crippen LogP contribution in [0.1, 0.15) is 0 Å². The fourth-order valence-corrected chi connectivity index (χ4v) is 0.843. The second-order valence-electron chi connectivity index (χ2n) is 2.74. The first-order chi connectivity index (χ1) is 8.00. The summed E-state index contributed by atoms with van der Waals surface area (Å²) in [7, 11) is 0. The Labute approximate surface area is 95.3 Å². The van der Waals surface area contributed by atoms with Crippen molar-refractivity contribution in [3.8, 4) is 0 Å². The van der Waals surface area contributed by atoms with Crippen LogP contribution >= 0.6 is 0 Å². The van der Waals surface area contributed by atoms with Crippen molar-refractivity contribution < 1.29 is 0 Å². The van der Waals surface area contributed by atoms with Crippen molar-refractivity contribution in [3.63, 3.8) is 0 Å². The Morgan fingerprint density at radius 3 is 1.62 bits per heavy atom. The van der Waals surface area contributed by atoms with Crippen LogP contribution < -0.4 is 0 Å². The van der Waals surface area contributed by atoms with Crippen molar-refractivity contribution in [2.24, 2.45) is 15.4 Å². The maximum Gasteiger partial charge on any atom is 0.0513 e. The zero-order valence-corrected chi connectivity index (χ0v) is 8.85. The van der Waals surface area contributed by atoms with Gasteiger partial charge in [0.15, 0.2) is 0 Å². The standard InChI is InChI=1S/C13H13N3/c1-2-4-6-8-10-12-14-16-15-13-11-9-7-5-3-1/h1-13H/b2-1?,3-1?,4-2?,5-3?,6-4+,7-5?,8-6?,9-7+,10-8-,11-9?,12-10?,13-11+,14-12+,15-13?,16-14?,16-15-. The molecule has 1 aliphatic rings. The molecule has 0 aliphatic carbocycles. The minimum absolute atomic E-state index is 1.58. The van der Waals surface area contributed by atoms with Gasteiger partial charge in [-0.15, -0.1) is 10.2 Å². The predicted octanol–water partition coefficient (Wildman–Crippen LogP) is 3.73. The van der Waals surface area contributed by atoms with E-state index in [-0.39, 0.29) is 0 Å². The van der Waals surface area contributed by atoms with Crippen molar-refractivity contribution in [1.29, 1.82) is 0 Å². The molecular weight excluding hydrogens is 198 g/mol. The Hall–Kier alpha value is -2.29. The molecule has 0 N–H and O–H groups in total. The Balaban J connectivity index is 2.67. The first kappa shape index (κ1) is 11.8. The normalized spacial score (nSPS) is 28.0. The summed E-state index contributed by atoms with van der Waals surface area (Å²) in [5.74, 6) is 0. The maximum atomic E-state index is 3.71. The highest BCUT2D eigenvalue weighted by molar-refractivity contribution is 5.71. The van der Waals surface area contributed by atoms with Crippen LogP contribution in [0.5, 0.6) is 0 Å². The first-order valence-electron chi connectivity index (χ1n) is 4.92. The number of nitrogens with zero attached hydrogens (tertiary/aromatic N) is 3. The minimum atomic E-state index is 1.58. The monoisotopic (exact) mass is 211 g/mol. The van der Waals surface area contributed by atoms with Gasteiger partial charge in [-0.3, -0.25) is 0 Å². The predicted molar refractivity (Wildman–Crippen MR) is 68.2 cm³/mol. The number of rotatable bonds is 0. The molecular formula is C13H13N3. The highest BCUT2D eigenvalue weighted by Gasteiger charge is 1.67. The Bertz CT molecular complexity index is 253. The molecule has 1 rings (SSSR count). The SMILES string of the molecule is C1=C/C=C/C=C\C=N\N=N/C=C/C=C/C=C1. The molecule has 0 saturated carbocycles. The largest absolute Gasteiger partial charge is 0.139 e. The van der Waals surface area contributed by atoms with Crippen molar-refractivity contribution in [3.05, 3.63) is 73.0 Å². The number of hydrogen-bond donors (Lipinski definition) is 0. The number of hydrogen-bond acceptors (Lipinski definition) is 3. The zero-order chi connectivity index (χ0) is 11.3. The van der Waals surface area contributed by atoms with Gasteiger partial charge in [0.2, 0.25) is 0 Å². The molecule has 0 spiro atoms. The van der Waals surface area contributed by atoms with Gasteiger partial charge in [-0.05, 0) is 17.4 Å². The lowest BCUT2D eigenvalue weighted by atomic mass is 10.3. The summed E-state index contributed by atoms with van der Waals surface area (Å²) < 4.78 is 0. The van der Waals surface area contributed by atoms with Gasteiger partial charge >= 0.3 is 0 Å². The maximum absolute atomic E-state index is 3.71. The number of allylic oxidation sites excluding steroid dienone is 11. The quantitative estimate of drug-likeness (QED) is 0.585. The highest BCUT2D eigenvalue weighted by Crippen LogP contribution is 1.86. The van der Waals surface area contributed by atoms with Crippen LogP contribution in [0.25, 0.3) is 0 Å². The molecule has 0 amide bonds. The molecule has 3 nitrogen and oxygen atoms in total. The molecule has 80 valence electrons. The lowest BCUT2D eigenvalue weighted by molar-refractivity contribution is 1.06. The van der Waals surface area contributed by atoms with E-state index in [0.717, 1.165) is 0 Å². The van der Waals surface area contributed by atoms with Gasteiger partial charge in [0.25, 0.3) is 0 Å². The average molecular weight is 211 g/mol. The highest BCUT2D eigenvalue weighted by atomic mass is 15.3. The Morgan fingerprint density at radius 2 is 1.00 bits per heavy atom. The molecule has 0 aromatic rings. The molecule has 0 unspecified atom stereocenters. The van der Waals surface area contributed by atoms with Crippen LogP contribution in [0.2, 0.25) is 0 Å². The molecule has 1 heterocycles. The van der Waals surface area contributed by atoms with Gasteiger partial charge in [-0.1, -0.05) is 54.7 Å². The third-order valence-corrected chi connectivity index (χ3v) is 1.52.